The van der Waals surface area contributed by atoms with Gasteiger partial charge in [-0.2, -0.15) is 0 Å². The fourth-order valence-electron chi connectivity index (χ4n) is 1.86. The van der Waals surface area contributed by atoms with Crippen molar-refractivity contribution in [3.63, 3.8) is 0 Å². The molecule has 0 aromatic heterocycles. The quantitative estimate of drug-likeness (QED) is 0.619. The molecule has 1 aromatic carbocycles. The number of likely N-dealkylation sites (N-methyl/N-ethyl adjacent to an activating group) is 1. The first-order valence-electron chi connectivity index (χ1n) is 7.37. The number of hydrogen-bond donors (Lipinski definition) is 2. The summed E-state index contributed by atoms with van der Waals surface area (Å²) in [6, 6.07) is 11.1. The molecule has 0 saturated carbocycles. The summed E-state index contributed by atoms with van der Waals surface area (Å²) in [5, 5.41) is 6.60. The summed E-state index contributed by atoms with van der Waals surface area (Å²) in [6.45, 7) is 10.1. The van der Waals surface area contributed by atoms with E-state index in [1.165, 1.54) is 5.69 Å². The fourth-order valence-corrected chi connectivity index (χ4v) is 1.86. The summed E-state index contributed by atoms with van der Waals surface area (Å²) >= 11 is 0. The molecule has 0 spiro atoms. The first-order valence-corrected chi connectivity index (χ1v) is 7.37. The minimum atomic E-state index is 0.347. The van der Waals surface area contributed by atoms with E-state index in [1.54, 1.807) is 0 Å². The van der Waals surface area contributed by atoms with Gasteiger partial charge in [0, 0.05) is 31.4 Å². The van der Waals surface area contributed by atoms with E-state index in [2.05, 4.69) is 79.5 Å². The standard InChI is InChI=1S/C16H28N4/c1-6-17-16(19-13(2)3)18-12-14(4)20(5)15-10-8-7-9-11-15/h7-11,13-14H,6,12H2,1-5H3,(H2,17,18,19). The average Bonchev–Trinajstić information content (AvgIpc) is 2.44. The van der Waals surface area contributed by atoms with Crippen molar-refractivity contribution in [1.29, 1.82) is 0 Å². The number of benzene rings is 1. The largest absolute Gasteiger partial charge is 0.370 e. The zero-order valence-corrected chi connectivity index (χ0v) is 13.4. The number of guanidine groups is 1. The van der Waals surface area contributed by atoms with Crippen LogP contribution in [0.1, 0.15) is 27.7 Å². The van der Waals surface area contributed by atoms with Crippen molar-refractivity contribution in [3.05, 3.63) is 30.3 Å². The van der Waals surface area contributed by atoms with Crippen molar-refractivity contribution in [1.82, 2.24) is 10.6 Å². The third kappa shape index (κ3) is 5.51. The van der Waals surface area contributed by atoms with Crippen molar-refractivity contribution in [2.45, 2.75) is 39.8 Å². The van der Waals surface area contributed by atoms with Crippen molar-refractivity contribution >= 4 is 11.6 Å². The van der Waals surface area contributed by atoms with Gasteiger partial charge in [-0.15, -0.1) is 0 Å². The molecule has 0 aliphatic rings. The number of anilines is 1. The van der Waals surface area contributed by atoms with Crippen LogP contribution in [-0.4, -0.2) is 38.2 Å². The molecule has 2 N–H and O–H groups in total. The van der Waals surface area contributed by atoms with Gasteiger partial charge in [0.15, 0.2) is 5.96 Å². The smallest absolute Gasteiger partial charge is 0.191 e. The van der Waals surface area contributed by atoms with Gasteiger partial charge in [-0.25, -0.2) is 0 Å². The maximum absolute atomic E-state index is 4.65. The second-order valence-corrected chi connectivity index (χ2v) is 5.31. The minimum Gasteiger partial charge on any atom is -0.370 e. The number of hydrogen-bond acceptors (Lipinski definition) is 2. The molecule has 4 heteroatoms. The summed E-state index contributed by atoms with van der Waals surface area (Å²) in [4.78, 5) is 6.91. The maximum Gasteiger partial charge on any atom is 0.191 e. The van der Waals surface area contributed by atoms with E-state index in [0.29, 0.717) is 12.1 Å². The zero-order chi connectivity index (χ0) is 15.0. The molecule has 1 unspecified atom stereocenters. The van der Waals surface area contributed by atoms with Crippen LogP contribution in [0.25, 0.3) is 0 Å². The summed E-state index contributed by atoms with van der Waals surface area (Å²) in [5.74, 6) is 0.885. The van der Waals surface area contributed by atoms with Crippen LogP contribution >= 0.6 is 0 Å². The Kier molecular flexibility index (Phi) is 6.91. The van der Waals surface area contributed by atoms with Gasteiger partial charge in [-0.05, 0) is 39.8 Å². The van der Waals surface area contributed by atoms with Gasteiger partial charge in [0.2, 0.25) is 0 Å². The minimum absolute atomic E-state index is 0.347. The monoisotopic (exact) mass is 276 g/mol. The molecule has 0 bridgehead atoms. The Bertz CT molecular complexity index is 400. The van der Waals surface area contributed by atoms with E-state index in [1.807, 2.05) is 6.07 Å². The van der Waals surface area contributed by atoms with Crippen molar-refractivity contribution in [2.75, 3.05) is 25.0 Å². The molecule has 1 aromatic rings. The van der Waals surface area contributed by atoms with E-state index in [-0.39, 0.29) is 0 Å². The molecular weight excluding hydrogens is 248 g/mol. The summed E-state index contributed by atoms with van der Waals surface area (Å²) in [5.41, 5.74) is 1.22. The van der Waals surface area contributed by atoms with Crippen LogP contribution < -0.4 is 15.5 Å². The Morgan fingerprint density at radius 1 is 1.20 bits per heavy atom. The van der Waals surface area contributed by atoms with Gasteiger partial charge < -0.3 is 15.5 Å². The van der Waals surface area contributed by atoms with Gasteiger partial charge in [0.1, 0.15) is 0 Å². The highest BCUT2D eigenvalue weighted by Crippen LogP contribution is 2.13. The van der Waals surface area contributed by atoms with Gasteiger partial charge in [-0.3, -0.25) is 4.99 Å². The highest BCUT2D eigenvalue weighted by atomic mass is 15.2. The number of rotatable bonds is 6. The Labute approximate surface area is 123 Å². The lowest BCUT2D eigenvalue weighted by Gasteiger charge is -2.26. The molecule has 4 nitrogen and oxygen atoms in total. The van der Waals surface area contributed by atoms with Crippen molar-refractivity contribution < 1.29 is 0 Å². The third-order valence-corrected chi connectivity index (χ3v) is 3.11. The predicted molar refractivity (Wildman–Crippen MR) is 88.6 cm³/mol. The van der Waals surface area contributed by atoms with Crippen LogP contribution in [-0.2, 0) is 0 Å². The zero-order valence-electron chi connectivity index (χ0n) is 13.4. The first-order chi connectivity index (χ1) is 9.54. The van der Waals surface area contributed by atoms with Crippen LogP contribution in [0, 0.1) is 0 Å². The highest BCUT2D eigenvalue weighted by molar-refractivity contribution is 5.80. The Morgan fingerprint density at radius 2 is 1.85 bits per heavy atom. The molecule has 0 aliphatic carbocycles. The Balaban J connectivity index is 2.61. The van der Waals surface area contributed by atoms with Gasteiger partial charge >= 0.3 is 0 Å². The summed E-state index contributed by atoms with van der Waals surface area (Å²) in [7, 11) is 2.11. The van der Waals surface area contributed by atoms with Crippen LogP contribution in [0.15, 0.2) is 35.3 Å². The maximum atomic E-state index is 4.65. The average molecular weight is 276 g/mol. The molecule has 112 valence electrons. The van der Waals surface area contributed by atoms with Crippen LogP contribution in [0.5, 0.6) is 0 Å². The van der Waals surface area contributed by atoms with Crippen molar-refractivity contribution in [2.24, 2.45) is 4.99 Å². The molecule has 0 saturated heterocycles. The third-order valence-electron chi connectivity index (χ3n) is 3.11. The second-order valence-electron chi connectivity index (χ2n) is 5.31. The molecule has 0 heterocycles. The predicted octanol–water partition coefficient (Wildman–Crippen LogP) is 2.47. The first kappa shape index (κ1) is 16.3. The summed E-state index contributed by atoms with van der Waals surface area (Å²) in [6.07, 6.45) is 0. The lowest BCUT2D eigenvalue weighted by Crippen LogP contribution is -2.42. The fraction of sp³-hybridized carbons (Fsp3) is 0.562. The molecule has 20 heavy (non-hydrogen) atoms. The van der Waals surface area contributed by atoms with E-state index in [4.69, 9.17) is 0 Å². The molecule has 0 amide bonds. The lowest BCUT2D eigenvalue weighted by atomic mass is 10.2. The number of para-hydroxylation sites is 1. The molecule has 1 atom stereocenters. The summed E-state index contributed by atoms with van der Waals surface area (Å²) < 4.78 is 0. The molecular formula is C16H28N4. The molecule has 0 radical (unpaired) electrons. The van der Waals surface area contributed by atoms with Gasteiger partial charge in [0.05, 0.1) is 6.54 Å². The molecule has 1 rings (SSSR count). The van der Waals surface area contributed by atoms with Crippen LogP contribution in [0.2, 0.25) is 0 Å². The second kappa shape index (κ2) is 8.46. The number of aliphatic imine (C=N–C) groups is 1. The lowest BCUT2D eigenvalue weighted by molar-refractivity contribution is 0.669. The van der Waals surface area contributed by atoms with E-state index in [9.17, 15) is 0 Å². The number of nitrogens with zero attached hydrogens (tertiary/aromatic N) is 2. The van der Waals surface area contributed by atoms with Crippen molar-refractivity contribution in [3.8, 4) is 0 Å². The molecule has 0 aliphatic heterocycles. The number of nitrogens with one attached hydrogen (secondary N) is 2. The van der Waals surface area contributed by atoms with Gasteiger partial charge in [-0.1, -0.05) is 18.2 Å². The van der Waals surface area contributed by atoms with E-state index in [0.717, 1.165) is 19.0 Å². The normalized spacial score (nSPS) is 13.2. The van der Waals surface area contributed by atoms with E-state index < -0.39 is 0 Å². The van der Waals surface area contributed by atoms with Crippen LogP contribution in [0.4, 0.5) is 5.69 Å². The Morgan fingerprint density at radius 3 is 2.40 bits per heavy atom. The molecule has 0 fully saturated rings. The highest BCUT2D eigenvalue weighted by Gasteiger charge is 2.09. The van der Waals surface area contributed by atoms with E-state index >= 15 is 0 Å². The SMILES string of the molecule is CCNC(=NCC(C)N(C)c1ccccc1)NC(C)C. The topological polar surface area (TPSA) is 39.7 Å². The Hall–Kier alpha value is -1.71. The van der Waals surface area contributed by atoms with Crippen LogP contribution in [0.3, 0.4) is 0 Å². The van der Waals surface area contributed by atoms with Gasteiger partial charge in [0.25, 0.3) is 0 Å².